The number of aromatic nitrogens is 2. The number of ether oxygens (including phenoxy) is 1. The number of hydrogen-bond donors (Lipinski definition) is 1. The van der Waals surface area contributed by atoms with Crippen molar-refractivity contribution in [2.24, 2.45) is 0 Å². The van der Waals surface area contributed by atoms with Crippen LogP contribution in [0.5, 0.6) is 5.88 Å². The molecule has 1 N–H and O–H groups in total. The molecule has 1 rings (SSSR count). The van der Waals surface area contributed by atoms with E-state index >= 15 is 0 Å². The van der Waals surface area contributed by atoms with Gasteiger partial charge in [-0.05, 0) is 13.3 Å². The summed E-state index contributed by atoms with van der Waals surface area (Å²) in [5, 5.41) is 2.76. The molecule has 1 aromatic heterocycles. The lowest BCUT2D eigenvalue weighted by Gasteiger charge is -2.24. The molecule has 1 aromatic rings. The summed E-state index contributed by atoms with van der Waals surface area (Å²) in [6.07, 6.45) is -13.6. The van der Waals surface area contributed by atoms with Crippen LogP contribution in [0.2, 0.25) is 0 Å². The minimum Gasteiger partial charge on any atom is -0.454 e. The molecule has 1 heterocycles. The molecule has 0 unspecified atom stereocenters. The summed E-state index contributed by atoms with van der Waals surface area (Å²) >= 11 is 0. The van der Waals surface area contributed by atoms with Crippen LogP contribution in [0.1, 0.15) is 18.9 Å². The zero-order valence-corrected chi connectivity index (χ0v) is 11.1. The summed E-state index contributed by atoms with van der Waals surface area (Å²) in [5.74, 6) is -0.631. The van der Waals surface area contributed by atoms with Crippen molar-refractivity contribution in [1.82, 2.24) is 9.97 Å². The van der Waals surface area contributed by atoms with Gasteiger partial charge in [-0.3, -0.25) is 0 Å². The second-order valence-corrected chi connectivity index (χ2v) is 4.16. The summed E-state index contributed by atoms with van der Waals surface area (Å²) < 4.78 is 78.6. The standard InChI is InChI=1S/C11H13F6N3O/c1-3-4-18-7-6(2)8(20-5-19-7)21-9(10(12,13)14)11(15,16)17/h5,9H,3-4H2,1-2H3,(H,18,19,20). The first-order chi connectivity index (χ1) is 9.57. The molecule has 0 aliphatic rings. The number of anilines is 1. The van der Waals surface area contributed by atoms with Crippen LogP contribution in [-0.4, -0.2) is 35.0 Å². The molecule has 21 heavy (non-hydrogen) atoms. The molecule has 10 heteroatoms. The van der Waals surface area contributed by atoms with Gasteiger partial charge in [0.05, 0.1) is 5.56 Å². The normalized spacial score (nSPS) is 12.6. The average molecular weight is 317 g/mol. The van der Waals surface area contributed by atoms with Crippen LogP contribution in [0.3, 0.4) is 0 Å². The predicted octanol–water partition coefficient (Wildman–Crippen LogP) is 3.48. The van der Waals surface area contributed by atoms with E-state index in [1.807, 2.05) is 6.92 Å². The van der Waals surface area contributed by atoms with E-state index < -0.39 is 24.3 Å². The van der Waals surface area contributed by atoms with E-state index in [1.165, 1.54) is 6.92 Å². The van der Waals surface area contributed by atoms with Gasteiger partial charge in [-0.2, -0.15) is 26.3 Å². The Morgan fingerprint density at radius 2 is 1.71 bits per heavy atom. The fourth-order valence-electron chi connectivity index (χ4n) is 1.41. The summed E-state index contributed by atoms with van der Waals surface area (Å²) in [6, 6.07) is 0. The zero-order valence-electron chi connectivity index (χ0n) is 11.1. The molecule has 120 valence electrons. The van der Waals surface area contributed by atoms with Gasteiger partial charge in [0.15, 0.2) is 0 Å². The van der Waals surface area contributed by atoms with E-state index in [2.05, 4.69) is 20.0 Å². The van der Waals surface area contributed by atoms with Crippen LogP contribution in [-0.2, 0) is 0 Å². The lowest BCUT2D eigenvalue weighted by atomic mass is 10.3. The Kier molecular flexibility index (Phi) is 5.24. The maximum absolute atomic E-state index is 12.4. The monoisotopic (exact) mass is 317 g/mol. The molecule has 0 saturated carbocycles. The van der Waals surface area contributed by atoms with Crippen molar-refractivity contribution < 1.29 is 31.1 Å². The highest BCUT2D eigenvalue weighted by molar-refractivity contribution is 5.47. The van der Waals surface area contributed by atoms with E-state index in [1.54, 1.807) is 0 Å². The SMILES string of the molecule is CCCNc1ncnc(OC(C(F)(F)F)C(F)(F)F)c1C. The lowest BCUT2D eigenvalue weighted by molar-refractivity contribution is -0.300. The molecule has 0 aliphatic carbocycles. The van der Waals surface area contributed by atoms with Crippen molar-refractivity contribution in [2.45, 2.75) is 38.7 Å². The Labute approximate surface area is 116 Å². The van der Waals surface area contributed by atoms with Gasteiger partial charge in [-0.1, -0.05) is 6.92 Å². The molecule has 0 saturated heterocycles. The molecule has 0 fully saturated rings. The van der Waals surface area contributed by atoms with Crippen molar-refractivity contribution in [3.8, 4) is 5.88 Å². The van der Waals surface area contributed by atoms with Crippen LogP contribution in [0.4, 0.5) is 32.2 Å². The van der Waals surface area contributed by atoms with Gasteiger partial charge in [0, 0.05) is 6.54 Å². The smallest absolute Gasteiger partial charge is 0.434 e. The topological polar surface area (TPSA) is 47.0 Å². The molecule has 0 aromatic carbocycles. The molecule has 0 atom stereocenters. The highest BCUT2D eigenvalue weighted by atomic mass is 19.4. The minimum absolute atomic E-state index is 0.0237. The van der Waals surface area contributed by atoms with E-state index in [4.69, 9.17) is 0 Å². The fourth-order valence-corrected chi connectivity index (χ4v) is 1.41. The van der Waals surface area contributed by atoms with Crippen molar-refractivity contribution in [3.05, 3.63) is 11.9 Å². The van der Waals surface area contributed by atoms with Gasteiger partial charge in [0.25, 0.3) is 6.10 Å². The third-order valence-electron chi connectivity index (χ3n) is 2.40. The molecule has 0 spiro atoms. The molecule has 0 bridgehead atoms. The third kappa shape index (κ3) is 4.64. The number of nitrogens with zero attached hydrogens (tertiary/aromatic N) is 2. The first-order valence-corrected chi connectivity index (χ1v) is 5.93. The number of hydrogen-bond acceptors (Lipinski definition) is 4. The average Bonchev–Trinajstić information content (AvgIpc) is 2.33. The number of nitrogens with one attached hydrogen (secondary N) is 1. The van der Waals surface area contributed by atoms with Crippen LogP contribution in [0.25, 0.3) is 0 Å². The summed E-state index contributed by atoms with van der Waals surface area (Å²) in [5.41, 5.74) is -0.0237. The molecular weight excluding hydrogens is 304 g/mol. The summed E-state index contributed by atoms with van der Waals surface area (Å²) in [7, 11) is 0. The highest BCUT2D eigenvalue weighted by Crippen LogP contribution is 2.37. The van der Waals surface area contributed by atoms with E-state index in [0.717, 1.165) is 6.33 Å². The third-order valence-corrected chi connectivity index (χ3v) is 2.40. The molecule has 0 radical (unpaired) electrons. The fraction of sp³-hybridized carbons (Fsp3) is 0.636. The predicted molar refractivity (Wildman–Crippen MR) is 62.1 cm³/mol. The maximum Gasteiger partial charge on any atom is 0.434 e. The van der Waals surface area contributed by atoms with Crippen LogP contribution < -0.4 is 10.1 Å². The van der Waals surface area contributed by atoms with E-state index in [0.29, 0.717) is 13.0 Å². The first-order valence-electron chi connectivity index (χ1n) is 5.93. The molecule has 0 amide bonds. The Morgan fingerprint density at radius 3 is 2.19 bits per heavy atom. The van der Waals surface area contributed by atoms with Gasteiger partial charge < -0.3 is 10.1 Å². The second-order valence-electron chi connectivity index (χ2n) is 4.16. The Balaban J connectivity index is 3.05. The minimum atomic E-state index is -5.59. The van der Waals surface area contributed by atoms with Crippen molar-refractivity contribution in [3.63, 3.8) is 0 Å². The van der Waals surface area contributed by atoms with Crippen molar-refractivity contribution in [1.29, 1.82) is 0 Å². The second kappa shape index (κ2) is 6.35. The number of halogens is 6. The van der Waals surface area contributed by atoms with Gasteiger partial charge >= 0.3 is 12.4 Å². The molecular formula is C11H13F6N3O. The first kappa shape index (κ1) is 17.3. The van der Waals surface area contributed by atoms with Crippen LogP contribution in [0, 0.1) is 6.92 Å². The van der Waals surface area contributed by atoms with Crippen molar-refractivity contribution >= 4 is 5.82 Å². The summed E-state index contributed by atoms with van der Waals surface area (Å²) in [4.78, 5) is 7.08. The van der Waals surface area contributed by atoms with Gasteiger partial charge in [0.1, 0.15) is 12.1 Å². The Morgan fingerprint density at radius 1 is 1.14 bits per heavy atom. The Hall–Kier alpha value is -1.74. The van der Waals surface area contributed by atoms with Gasteiger partial charge in [-0.25, -0.2) is 9.97 Å². The zero-order chi connectivity index (χ0) is 16.3. The quantitative estimate of drug-likeness (QED) is 0.845. The molecule has 4 nitrogen and oxygen atoms in total. The highest BCUT2D eigenvalue weighted by Gasteiger charge is 2.59. The van der Waals surface area contributed by atoms with Gasteiger partial charge in [0.2, 0.25) is 5.88 Å². The number of rotatable bonds is 5. The van der Waals surface area contributed by atoms with Crippen molar-refractivity contribution in [2.75, 3.05) is 11.9 Å². The molecule has 0 aliphatic heterocycles. The lowest BCUT2D eigenvalue weighted by Crippen LogP contribution is -2.46. The van der Waals surface area contributed by atoms with E-state index in [-0.39, 0.29) is 11.4 Å². The van der Waals surface area contributed by atoms with E-state index in [9.17, 15) is 26.3 Å². The number of alkyl halides is 6. The largest absolute Gasteiger partial charge is 0.454 e. The van der Waals surface area contributed by atoms with Crippen LogP contribution in [0.15, 0.2) is 6.33 Å². The van der Waals surface area contributed by atoms with Gasteiger partial charge in [-0.15, -0.1) is 0 Å². The summed E-state index contributed by atoms with van der Waals surface area (Å²) in [6.45, 7) is 3.57. The maximum atomic E-state index is 12.4. The van der Waals surface area contributed by atoms with Crippen LogP contribution >= 0.6 is 0 Å². The Bertz CT molecular complexity index is 460.